The molecule has 0 radical (unpaired) electrons. The molecule has 0 amide bonds. The van der Waals surface area contributed by atoms with E-state index < -0.39 is 5.97 Å². The van der Waals surface area contributed by atoms with Crippen molar-refractivity contribution in [2.24, 2.45) is 11.8 Å². The third kappa shape index (κ3) is 2.32. The molecule has 110 valence electrons. The van der Waals surface area contributed by atoms with Crippen molar-refractivity contribution in [1.82, 2.24) is 19.9 Å². The Morgan fingerprint density at radius 3 is 2.75 bits per heavy atom. The lowest BCUT2D eigenvalue weighted by Gasteiger charge is -2.49. The Bertz CT molecular complexity index is 495. The van der Waals surface area contributed by atoms with Crippen molar-refractivity contribution in [3.05, 3.63) is 11.9 Å². The highest BCUT2D eigenvalue weighted by atomic mass is 16.4. The molecule has 1 aliphatic heterocycles. The number of rotatable bonds is 3. The largest absolute Gasteiger partial charge is 0.476 e. The molecule has 1 aromatic rings. The Kier molecular flexibility index (Phi) is 3.50. The van der Waals surface area contributed by atoms with Crippen molar-refractivity contribution in [3.63, 3.8) is 0 Å². The summed E-state index contributed by atoms with van der Waals surface area (Å²) in [6.07, 6.45) is 5.50. The van der Waals surface area contributed by atoms with Crippen LogP contribution >= 0.6 is 0 Å². The minimum atomic E-state index is -1.01. The van der Waals surface area contributed by atoms with E-state index in [4.69, 9.17) is 5.11 Å². The highest BCUT2D eigenvalue weighted by molar-refractivity contribution is 5.84. The van der Waals surface area contributed by atoms with Gasteiger partial charge in [-0.3, -0.25) is 4.90 Å². The topological polar surface area (TPSA) is 71.2 Å². The second-order valence-corrected chi connectivity index (χ2v) is 6.33. The Labute approximate surface area is 118 Å². The van der Waals surface area contributed by atoms with Gasteiger partial charge >= 0.3 is 5.97 Å². The third-order valence-corrected chi connectivity index (χ3v) is 5.13. The van der Waals surface area contributed by atoms with Crippen molar-refractivity contribution in [3.8, 4) is 0 Å². The van der Waals surface area contributed by atoms with Crippen molar-refractivity contribution in [2.45, 2.75) is 45.2 Å². The fraction of sp³-hybridized carbons (Fsp3) is 0.786. The van der Waals surface area contributed by atoms with E-state index in [0.717, 1.165) is 24.9 Å². The quantitative estimate of drug-likeness (QED) is 0.910. The number of carboxylic acids is 1. The highest BCUT2D eigenvalue weighted by Crippen LogP contribution is 2.36. The van der Waals surface area contributed by atoms with Gasteiger partial charge < -0.3 is 5.11 Å². The lowest BCUT2D eigenvalue weighted by atomic mass is 9.76. The number of nitrogens with zero attached hydrogens (tertiary/aromatic N) is 4. The lowest BCUT2D eigenvalue weighted by molar-refractivity contribution is -0.00285. The molecule has 2 heterocycles. The number of hydrogen-bond donors (Lipinski definition) is 1. The molecule has 1 saturated heterocycles. The van der Waals surface area contributed by atoms with Gasteiger partial charge in [-0.2, -0.15) is 0 Å². The molecule has 1 N–H and O–H groups in total. The molecule has 1 saturated carbocycles. The Hall–Kier alpha value is -1.43. The van der Waals surface area contributed by atoms with Crippen LogP contribution in [0.5, 0.6) is 0 Å². The predicted octanol–water partition coefficient (Wildman–Crippen LogP) is 1.66. The van der Waals surface area contributed by atoms with E-state index >= 15 is 0 Å². The van der Waals surface area contributed by atoms with Crippen LogP contribution in [-0.4, -0.2) is 50.1 Å². The average molecular weight is 278 g/mol. The molecule has 2 aliphatic rings. The summed E-state index contributed by atoms with van der Waals surface area (Å²) in [6.45, 7) is 6.64. The average Bonchev–Trinajstić information content (AvgIpc) is 2.82. The van der Waals surface area contributed by atoms with Crippen molar-refractivity contribution in [2.75, 3.05) is 13.1 Å². The number of aromatic nitrogens is 3. The second kappa shape index (κ2) is 5.16. The standard InChI is InChI=1S/C14H22N4O2/c1-9-4-3-5-13(10(9)2)17-6-11(7-17)18-8-12(14(19)20)15-16-18/h8-11,13H,3-7H2,1-2H3,(H,19,20). The fourth-order valence-electron chi connectivity index (χ4n) is 3.55. The normalized spacial score (nSPS) is 32.0. The molecule has 20 heavy (non-hydrogen) atoms. The smallest absolute Gasteiger partial charge is 0.358 e. The monoisotopic (exact) mass is 278 g/mol. The zero-order valence-corrected chi connectivity index (χ0v) is 12.1. The van der Waals surface area contributed by atoms with E-state index in [1.54, 1.807) is 4.68 Å². The minimum Gasteiger partial charge on any atom is -0.476 e. The van der Waals surface area contributed by atoms with Gasteiger partial charge in [0.1, 0.15) is 0 Å². The first-order valence-corrected chi connectivity index (χ1v) is 7.45. The number of aromatic carboxylic acids is 1. The zero-order valence-electron chi connectivity index (χ0n) is 12.1. The highest BCUT2D eigenvalue weighted by Gasteiger charge is 2.39. The van der Waals surface area contributed by atoms with Gasteiger partial charge in [0.05, 0.1) is 12.2 Å². The van der Waals surface area contributed by atoms with Crippen LogP contribution in [0.4, 0.5) is 0 Å². The lowest BCUT2D eigenvalue weighted by Crippen LogP contribution is -2.56. The van der Waals surface area contributed by atoms with Gasteiger partial charge in [-0.25, -0.2) is 9.48 Å². The van der Waals surface area contributed by atoms with Gasteiger partial charge in [0, 0.05) is 19.1 Å². The van der Waals surface area contributed by atoms with Crippen molar-refractivity contribution in [1.29, 1.82) is 0 Å². The molecule has 1 aromatic heterocycles. The maximum atomic E-state index is 10.8. The van der Waals surface area contributed by atoms with E-state index in [1.165, 1.54) is 25.5 Å². The van der Waals surface area contributed by atoms with Crippen LogP contribution in [0.15, 0.2) is 6.20 Å². The molecule has 2 fully saturated rings. The van der Waals surface area contributed by atoms with Gasteiger partial charge in [-0.15, -0.1) is 5.10 Å². The Morgan fingerprint density at radius 2 is 2.10 bits per heavy atom. The summed E-state index contributed by atoms with van der Waals surface area (Å²) >= 11 is 0. The van der Waals surface area contributed by atoms with E-state index in [1.807, 2.05) is 0 Å². The summed E-state index contributed by atoms with van der Waals surface area (Å²) in [4.78, 5) is 13.3. The van der Waals surface area contributed by atoms with Gasteiger partial charge in [0.15, 0.2) is 5.69 Å². The maximum absolute atomic E-state index is 10.8. The molecule has 0 aromatic carbocycles. The summed E-state index contributed by atoms with van der Waals surface area (Å²) in [5.41, 5.74) is 0.0307. The first-order valence-electron chi connectivity index (χ1n) is 7.45. The molecule has 0 spiro atoms. The number of likely N-dealkylation sites (tertiary alicyclic amines) is 1. The molecule has 3 unspecified atom stereocenters. The Balaban J connectivity index is 1.59. The number of carboxylic acid groups (broad SMARTS) is 1. The van der Waals surface area contributed by atoms with Crippen molar-refractivity contribution < 1.29 is 9.90 Å². The Morgan fingerprint density at radius 1 is 1.35 bits per heavy atom. The number of carbonyl (C=O) groups is 1. The fourth-order valence-corrected chi connectivity index (χ4v) is 3.55. The first-order chi connectivity index (χ1) is 9.56. The SMILES string of the molecule is CC1CCCC(N2CC(n3cc(C(=O)O)nn3)C2)C1C. The summed E-state index contributed by atoms with van der Waals surface area (Å²) < 4.78 is 1.71. The zero-order chi connectivity index (χ0) is 14.3. The summed E-state index contributed by atoms with van der Waals surface area (Å²) in [5.74, 6) is 0.537. The predicted molar refractivity (Wildman–Crippen MR) is 73.6 cm³/mol. The van der Waals surface area contributed by atoms with Gasteiger partial charge in [-0.05, 0) is 18.3 Å². The van der Waals surface area contributed by atoms with Crippen LogP contribution in [0.2, 0.25) is 0 Å². The third-order valence-electron chi connectivity index (χ3n) is 5.13. The molecule has 3 atom stereocenters. The van der Waals surface area contributed by atoms with E-state index in [0.29, 0.717) is 6.04 Å². The van der Waals surface area contributed by atoms with E-state index in [2.05, 4.69) is 29.1 Å². The maximum Gasteiger partial charge on any atom is 0.358 e. The summed E-state index contributed by atoms with van der Waals surface area (Å²) in [7, 11) is 0. The van der Waals surface area contributed by atoms with Crippen LogP contribution in [0, 0.1) is 11.8 Å². The van der Waals surface area contributed by atoms with E-state index in [-0.39, 0.29) is 11.7 Å². The van der Waals surface area contributed by atoms with Gasteiger partial charge in [0.2, 0.25) is 0 Å². The van der Waals surface area contributed by atoms with Crippen LogP contribution in [0.25, 0.3) is 0 Å². The first kappa shape index (κ1) is 13.5. The molecular formula is C14H22N4O2. The minimum absolute atomic E-state index is 0.0307. The van der Waals surface area contributed by atoms with Gasteiger partial charge in [0.25, 0.3) is 0 Å². The van der Waals surface area contributed by atoms with Gasteiger partial charge in [-0.1, -0.05) is 31.9 Å². The van der Waals surface area contributed by atoms with Crippen LogP contribution < -0.4 is 0 Å². The molecular weight excluding hydrogens is 256 g/mol. The number of hydrogen-bond acceptors (Lipinski definition) is 4. The second-order valence-electron chi connectivity index (χ2n) is 6.33. The molecule has 1 aliphatic carbocycles. The molecule has 6 nitrogen and oxygen atoms in total. The molecule has 0 bridgehead atoms. The van der Waals surface area contributed by atoms with Crippen LogP contribution in [0.3, 0.4) is 0 Å². The van der Waals surface area contributed by atoms with Crippen molar-refractivity contribution >= 4 is 5.97 Å². The summed E-state index contributed by atoms with van der Waals surface area (Å²) in [6, 6.07) is 0.956. The van der Waals surface area contributed by atoms with Crippen LogP contribution in [0.1, 0.15) is 49.6 Å². The molecule has 3 rings (SSSR count). The summed E-state index contributed by atoms with van der Waals surface area (Å²) in [5, 5.41) is 16.5. The molecule has 6 heteroatoms. The van der Waals surface area contributed by atoms with Crippen LogP contribution in [-0.2, 0) is 0 Å². The van der Waals surface area contributed by atoms with E-state index in [9.17, 15) is 4.79 Å².